The molecular formula is C32H35FO2S. The van der Waals surface area contributed by atoms with Gasteiger partial charge in [-0.25, -0.2) is 4.39 Å². The fraction of sp³-hybridized carbons (Fsp3) is 0.438. The second-order valence-electron chi connectivity index (χ2n) is 10.8. The van der Waals surface area contributed by atoms with Crippen LogP contribution in [0.4, 0.5) is 4.39 Å². The van der Waals surface area contributed by atoms with E-state index in [-0.39, 0.29) is 11.9 Å². The Labute approximate surface area is 218 Å². The summed E-state index contributed by atoms with van der Waals surface area (Å²) in [6.45, 7) is 5.09. The van der Waals surface area contributed by atoms with Gasteiger partial charge in [-0.1, -0.05) is 18.2 Å². The first-order chi connectivity index (χ1) is 17.6. The van der Waals surface area contributed by atoms with E-state index in [4.69, 9.17) is 9.47 Å². The van der Waals surface area contributed by atoms with Crippen LogP contribution in [0.15, 0.2) is 48.5 Å². The summed E-state index contributed by atoms with van der Waals surface area (Å²) in [5.41, 5.74) is 7.90. The van der Waals surface area contributed by atoms with Gasteiger partial charge >= 0.3 is 0 Å². The second kappa shape index (κ2) is 10.1. The van der Waals surface area contributed by atoms with Crippen molar-refractivity contribution in [3.63, 3.8) is 0 Å². The average Bonchev–Trinajstić information content (AvgIpc) is 3.65. The summed E-state index contributed by atoms with van der Waals surface area (Å²) in [6.07, 6.45) is 6.44. The van der Waals surface area contributed by atoms with Crippen LogP contribution >= 0.6 is 11.8 Å². The van der Waals surface area contributed by atoms with E-state index >= 15 is 4.39 Å². The van der Waals surface area contributed by atoms with Crippen LogP contribution < -0.4 is 9.47 Å². The third-order valence-electron chi connectivity index (χ3n) is 8.09. The van der Waals surface area contributed by atoms with E-state index in [0.29, 0.717) is 5.92 Å². The third kappa shape index (κ3) is 4.89. The van der Waals surface area contributed by atoms with E-state index in [2.05, 4.69) is 38.1 Å². The quantitative estimate of drug-likeness (QED) is 0.322. The van der Waals surface area contributed by atoms with Gasteiger partial charge in [0.15, 0.2) is 0 Å². The summed E-state index contributed by atoms with van der Waals surface area (Å²) in [7, 11) is 0. The number of thioether (sulfide) groups is 1. The van der Waals surface area contributed by atoms with Crippen molar-refractivity contribution < 1.29 is 13.9 Å². The molecule has 2 fully saturated rings. The Morgan fingerprint density at radius 2 is 1.58 bits per heavy atom. The Bertz CT molecular complexity index is 1220. The van der Waals surface area contributed by atoms with Gasteiger partial charge in [0.25, 0.3) is 0 Å². The van der Waals surface area contributed by atoms with E-state index in [0.717, 1.165) is 53.6 Å². The Morgan fingerprint density at radius 3 is 2.28 bits per heavy atom. The van der Waals surface area contributed by atoms with Gasteiger partial charge in [-0.15, -0.1) is 0 Å². The maximum Gasteiger partial charge on any atom is 0.130 e. The molecule has 1 saturated carbocycles. The number of halogens is 1. The van der Waals surface area contributed by atoms with Crippen molar-refractivity contribution in [1.82, 2.24) is 0 Å². The molecule has 1 atom stereocenters. The molecule has 0 amide bonds. The standard InChI is InChI=1S/C32H35FO2S/c1-20-17-26(34-19-22-13-15-36-16-14-22)18-21(2)31(20)27-9-11-29(33)32-28(27)10-12-30(32)35-25-7-5-24(6-8-25)23-3-4-23/h5-9,11,17-18,22-23,30H,3-4,10,12-16,19H2,1-2H3. The van der Waals surface area contributed by atoms with Crippen molar-refractivity contribution in [3.05, 3.63) is 82.2 Å². The highest BCUT2D eigenvalue weighted by Gasteiger charge is 2.31. The SMILES string of the molecule is Cc1cc(OCC2CCSCC2)cc(C)c1-c1ccc(F)c2c1CCC2Oc1ccc(C2CC2)cc1. The first kappa shape index (κ1) is 23.9. The molecule has 0 N–H and O–H groups in total. The molecule has 0 radical (unpaired) electrons. The maximum atomic E-state index is 15.2. The van der Waals surface area contributed by atoms with Gasteiger partial charge in [-0.05, 0) is 139 Å². The average molecular weight is 503 g/mol. The monoisotopic (exact) mass is 502 g/mol. The van der Waals surface area contributed by atoms with Gasteiger partial charge in [0, 0.05) is 5.56 Å². The molecule has 3 aromatic carbocycles. The van der Waals surface area contributed by atoms with Gasteiger partial charge in [0.05, 0.1) is 6.61 Å². The highest BCUT2D eigenvalue weighted by molar-refractivity contribution is 7.99. The molecule has 1 saturated heterocycles. The number of aryl methyl sites for hydroxylation is 2. The zero-order chi connectivity index (χ0) is 24.6. The molecule has 2 aliphatic carbocycles. The smallest absolute Gasteiger partial charge is 0.130 e. The van der Waals surface area contributed by atoms with Crippen LogP contribution in [0.3, 0.4) is 0 Å². The number of benzene rings is 3. The minimum absolute atomic E-state index is 0.160. The highest BCUT2D eigenvalue weighted by Crippen LogP contribution is 2.44. The summed E-state index contributed by atoms with van der Waals surface area (Å²) in [5.74, 6) is 5.49. The van der Waals surface area contributed by atoms with E-state index in [1.54, 1.807) is 6.07 Å². The highest BCUT2D eigenvalue weighted by atomic mass is 32.2. The lowest BCUT2D eigenvalue weighted by atomic mass is 9.90. The zero-order valence-electron chi connectivity index (χ0n) is 21.3. The first-order valence-corrected chi connectivity index (χ1v) is 14.6. The lowest BCUT2D eigenvalue weighted by Crippen LogP contribution is -2.17. The van der Waals surface area contributed by atoms with Gasteiger partial charge in [-0.2, -0.15) is 11.8 Å². The topological polar surface area (TPSA) is 18.5 Å². The fourth-order valence-electron chi connectivity index (χ4n) is 5.98. The van der Waals surface area contributed by atoms with Crippen LogP contribution in [0.2, 0.25) is 0 Å². The molecule has 0 spiro atoms. The zero-order valence-corrected chi connectivity index (χ0v) is 22.1. The molecule has 36 heavy (non-hydrogen) atoms. The maximum absolute atomic E-state index is 15.2. The van der Waals surface area contributed by atoms with Crippen molar-refractivity contribution in [2.24, 2.45) is 5.92 Å². The van der Waals surface area contributed by atoms with Crippen LogP contribution in [-0.4, -0.2) is 18.1 Å². The van der Waals surface area contributed by atoms with Crippen molar-refractivity contribution in [1.29, 1.82) is 0 Å². The Balaban J connectivity index is 1.24. The van der Waals surface area contributed by atoms with E-state index in [1.165, 1.54) is 59.4 Å². The summed E-state index contributed by atoms with van der Waals surface area (Å²) < 4.78 is 27.7. The fourth-order valence-corrected chi connectivity index (χ4v) is 7.19. The molecule has 188 valence electrons. The number of rotatable bonds is 7. The molecule has 0 aromatic heterocycles. The Hall–Kier alpha value is -2.46. The normalized spacial score (nSPS) is 19.8. The van der Waals surface area contributed by atoms with Gasteiger partial charge in [0.2, 0.25) is 0 Å². The van der Waals surface area contributed by atoms with Crippen LogP contribution in [0, 0.1) is 25.6 Å². The van der Waals surface area contributed by atoms with E-state index in [9.17, 15) is 0 Å². The second-order valence-corrected chi connectivity index (χ2v) is 12.0. The number of hydrogen-bond acceptors (Lipinski definition) is 3. The van der Waals surface area contributed by atoms with Crippen LogP contribution in [-0.2, 0) is 6.42 Å². The molecule has 3 aliphatic rings. The molecule has 2 nitrogen and oxygen atoms in total. The van der Waals surface area contributed by atoms with Crippen LogP contribution in [0.1, 0.15) is 71.9 Å². The van der Waals surface area contributed by atoms with Crippen LogP contribution in [0.5, 0.6) is 11.5 Å². The minimum Gasteiger partial charge on any atom is -0.493 e. The molecule has 1 unspecified atom stereocenters. The summed E-state index contributed by atoms with van der Waals surface area (Å²) in [6, 6.07) is 16.3. The molecule has 6 rings (SSSR count). The number of fused-ring (bicyclic) bond motifs is 1. The van der Waals surface area contributed by atoms with Crippen molar-refractivity contribution in [2.75, 3.05) is 18.1 Å². The summed E-state index contributed by atoms with van der Waals surface area (Å²) in [4.78, 5) is 0. The summed E-state index contributed by atoms with van der Waals surface area (Å²) >= 11 is 2.05. The molecular weight excluding hydrogens is 467 g/mol. The minimum atomic E-state index is -0.247. The number of ether oxygens (including phenoxy) is 2. The van der Waals surface area contributed by atoms with Gasteiger partial charge < -0.3 is 9.47 Å². The molecule has 0 bridgehead atoms. The van der Waals surface area contributed by atoms with E-state index in [1.807, 2.05) is 30.0 Å². The lowest BCUT2D eigenvalue weighted by Gasteiger charge is -2.22. The van der Waals surface area contributed by atoms with Crippen LogP contribution in [0.25, 0.3) is 11.1 Å². The third-order valence-corrected chi connectivity index (χ3v) is 9.14. The molecule has 4 heteroatoms. The Morgan fingerprint density at radius 1 is 0.861 bits per heavy atom. The number of hydrogen-bond donors (Lipinski definition) is 0. The van der Waals surface area contributed by atoms with Crippen molar-refractivity contribution in [3.8, 4) is 22.6 Å². The van der Waals surface area contributed by atoms with Gasteiger partial charge in [-0.3, -0.25) is 0 Å². The predicted molar refractivity (Wildman–Crippen MR) is 147 cm³/mol. The predicted octanol–water partition coefficient (Wildman–Crippen LogP) is 8.58. The lowest BCUT2D eigenvalue weighted by molar-refractivity contribution is 0.203. The Kier molecular flexibility index (Phi) is 6.73. The first-order valence-electron chi connectivity index (χ1n) is 13.5. The van der Waals surface area contributed by atoms with E-state index < -0.39 is 0 Å². The molecule has 1 heterocycles. The van der Waals surface area contributed by atoms with Crippen molar-refractivity contribution >= 4 is 11.8 Å². The molecule has 1 aliphatic heterocycles. The van der Waals surface area contributed by atoms with Crippen molar-refractivity contribution in [2.45, 2.75) is 64.4 Å². The summed E-state index contributed by atoms with van der Waals surface area (Å²) in [5, 5.41) is 0. The van der Waals surface area contributed by atoms with Gasteiger partial charge in [0.1, 0.15) is 23.4 Å². The molecule has 3 aromatic rings. The largest absolute Gasteiger partial charge is 0.493 e.